The molecule has 2 amide bonds. The molecule has 2 aromatic rings. The van der Waals surface area contributed by atoms with E-state index in [1.54, 1.807) is 24.5 Å². The van der Waals surface area contributed by atoms with Gasteiger partial charge in [-0.1, -0.05) is 6.07 Å². The monoisotopic (exact) mass is 300 g/mol. The summed E-state index contributed by atoms with van der Waals surface area (Å²) < 4.78 is 37.0. The molecule has 0 spiro atoms. The number of urea groups is 1. The zero-order valence-electron chi connectivity index (χ0n) is 11.4. The lowest BCUT2D eigenvalue weighted by Gasteiger charge is -2.22. The van der Waals surface area contributed by atoms with E-state index in [0.29, 0.717) is 4.90 Å². The molecule has 5 nitrogen and oxygen atoms in total. The highest BCUT2D eigenvalue weighted by molar-refractivity contribution is 5.76. The van der Waals surface area contributed by atoms with E-state index in [1.807, 2.05) is 0 Å². The Morgan fingerprint density at radius 3 is 2.86 bits per heavy atom. The number of hydrogen-bond acceptors (Lipinski definition) is 2. The molecule has 0 unspecified atom stereocenters. The SMILES string of the molecule is CCN(CC(F)(F)F)C(=O)NCc1ccc2nc[nH]c2c1. The van der Waals surface area contributed by atoms with Gasteiger partial charge in [-0.05, 0) is 24.6 Å². The minimum Gasteiger partial charge on any atom is -0.345 e. The molecule has 114 valence electrons. The van der Waals surface area contributed by atoms with Crippen LogP contribution in [-0.4, -0.2) is 40.2 Å². The minimum absolute atomic E-state index is 0.00900. The van der Waals surface area contributed by atoms with E-state index in [0.717, 1.165) is 16.6 Å². The van der Waals surface area contributed by atoms with Gasteiger partial charge in [0.25, 0.3) is 0 Å². The van der Waals surface area contributed by atoms with Crippen LogP contribution < -0.4 is 5.32 Å². The van der Waals surface area contributed by atoms with Crippen molar-refractivity contribution >= 4 is 17.1 Å². The Labute approximate surface area is 119 Å². The highest BCUT2D eigenvalue weighted by atomic mass is 19.4. The van der Waals surface area contributed by atoms with E-state index in [2.05, 4.69) is 15.3 Å². The Hall–Kier alpha value is -2.25. The second-order valence-electron chi connectivity index (χ2n) is 4.54. The summed E-state index contributed by atoms with van der Waals surface area (Å²) in [4.78, 5) is 19.4. The number of aromatic nitrogens is 2. The van der Waals surface area contributed by atoms with Crippen LogP contribution in [0.1, 0.15) is 12.5 Å². The number of hydrogen-bond donors (Lipinski definition) is 2. The number of imidazole rings is 1. The molecule has 21 heavy (non-hydrogen) atoms. The van der Waals surface area contributed by atoms with Crippen LogP contribution in [0.2, 0.25) is 0 Å². The second-order valence-corrected chi connectivity index (χ2v) is 4.54. The summed E-state index contributed by atoms with van der Waals surface area (Å²) in [6.45, 7) is 0.393. The number of alkyl halides is 3. The predicted octanol–water partition coefficient (Wildman–Crippen LogP) is 2.66. The maximum Gasteiger partial charge on any atom is 0.406 e. The Bertz CT molecular complexity index is 623. The quantitative estimate of drug-likeness (QED) is 0.912. The van der Waals surface area contributed by atoms with Crippen LogP contribution in [0.15, 0.2) is 24.5 Å². The number of benzene rings is 1. The molecular weight excluding hydrogens is 285 g/mol. The maximum absolute atomic E-state index is 12.3. The average Bonchev–Trinajstić information content (AvgIpc) is 2.88. The van der Waals surface area contributed by atoms with Crippen molar-refractivity contribution < 1.29 is 18.0 Å². The molecule has 0 saturated heterocycles. The van der Waals surface area contributed by atoms with Crippen molar-refractivity contribution in [3.63, 3.8) is 0 Å². The molecule has 0 fully saturated rings. The topological polar surface area (TPSA) is 61.0 Å². The highest BCUT2D eigenvalue weighted by Crippen LogP contribution is 2.16. The Morgan fingerprint density at radius 1 is 1.43 bits per heavy atom. The fraction of sp³-hybridized carbons (Fsp3) is 0.385. The number of aromatic amines is 1. The summed E-state index contributed by atoms with van der Waals surface area (Å²) in [6.07, 6.45) is -2.85. The summed E-state index contributed by atoms with van der Waals surface area (Å²) in [7, 11) is 0. The van der Waals surface area contributed by atoms with Gasteiger partial charge in [-0.25, -0.2) is 9.78 Å². The summed E-state index contributed by atoms with van der Waals surface area (Å²) in [5.41, 5.74) is 2.38. The van der Waals surface area contributed by atoms with E-state index in [9.17, 15) is 18.0 Å². The van der Waals surface area contributed by atoms with Crippen LogP contribution in [0.25, 0.3) is 11.0 Å². The third kappa shape index (κ3) is 4.11. The number of fused-ring (bicyclic) bond motifs is 1. The molecule has 1 aromatic heterocycles. The van der Waals surface area contributed by atoms with Gasteiger partial charge >= 0.3 is 12.2 Å². The molecule has 0 atom stereocenters. The van der Waals surface area contributed by atoms with E-state index in [4.69, 9.17) is 0 Å². The molecule has 8 heteroatoms. The van der Waals surface area contributed by atoms with Crippen LogP contribution in [0.5, 0.6) is 0 Å². The Kier molecular flexibility index (Phi) is 4.35. The fourth-order valence-corrected chi connectivity index (χ4v) is 1.93. The van der Waals surface area contributed by atoms with Crippen molar-refractivity contribution in [2.24, 2.45) is 0 Å². The molecule has 0 saturated carbocycles. The summed E-state index contributed by atoms with van der Waals surface area (Å²) in [5.74, 6) is 0. The number of carbonyl (C=O) groups excluding carboxylic acids is 1. The maximum atomic E-state index is 12.3. The van der Waals surface area contributed by atoms with Crippen LogP contribution in [-0.2, 0) is 6.54 Å². The first kappa shape index (κ1) is 15.1. The normalized spacial score (nSPS) is 11.6. The van der Waals surface area contributed by atoms with E-state index in [1.165, 1.54) is 6.92 Å². The number of rotatable bonds is 4. The van der Waals surface area contributed by atoms with Crippen LogP contribution in [0.4, 0.5) is 18.0 Å². The number of amides is 2. The number of nitrogens with one attached hydrogen (secondary N) is 2. The van der Waals surface area contributed by atoms with Crippen molar-refractivity contribution in [3.8, 4) is 0 Å². The molecule has 0 bridgehead atoms. The molecule has 1 heterocycles. The zero-order chi connectivity index (χ0) is 15.5. The lowest BCUT2D eigenvalue weighted by atomic mass is 10.2. The van der Waals surface area contributed by atoms with Gasteiger partial charge in [0.1, 0.15) is 6.54 Å². The second kappa shape index (κ2) is 6.02. The molecule has 0 aliphatic heterocycles. The third-order valence-electron chi connectivity index (χ3n) is 2.97. The predicted molar refractivity (Wildman–Crippen MR) is 71.6 cm³/mol. The number of carbonyl (C=O) groups is 1. The summed E-state index contributed by atoms with van der Waals surface area (Å²) >= 11 is 0. The van der Waals surface area contributed by atoms with E-state index in [-0.39, 0.29) is 13.1 Å². The lowest BCUT2D eigenvalue weighted by molar-refractivity contribution is -0.139. The molecule has 0 aliphatic carbocycles. The zero-order valence-corrected chi connectivity index (χ0v) is 11.4. The van der Waals surface area contributed by atoms with Crippen molar-refractivity contribution in [3.05, 3.63) is 30.1 Å². The van der Waals surface area contributed by atoms with Gasteiger partial charge in [0.05, 0.1) is 17.4 Å². The number of nitrogens with zero attached hydrogens (tertiary/aromatic N) is 2. The summed E-state index contributed by atoms with van der Waals surface area (Å²) in [6, 6.07) is 4.60. The molecular formula is C13H15F3N4O. The van der Waals surface area contributed by atoms with E-state index >= 15 is 0 Å². The van der Waals surface area contributed by atoms with Crippen LogP contribution in [0.3, 0.4) is 0 Å². The highest BCUT2D eigenvalue weighted by Gasteiger charge is 2.32. The third-order valence-corrected chi connectivity index (χ3v) is 2.97. The van der Waals surface area contributed by atoms with Crippen molar-refractivity contribution in [2.75, 3.05) is 13.1 Å². The van der Waals surface area contributed by atoms with Crippen molar-refractivity contribution in [1.29, 1.82) is 0 Å². The first-order chi connectivity index (χ1) is 9.89. The Morgan fingerprint density at radius 2 is 2.19 bits per heavy atom. The Balaban J connectivity index is 1.95. The van der Waals surface area contributed by atoms with Crippen LogP contribution >= 0.6 is 0 Å². The molecule has 2 N–H and O–H groups in total. The van der Waals surface area contributed by atoms with Gasteiger partial charge in [-0.2, -0.15) is 13.2 Å². The largest absolute Gasteiger partial charge is 0.406 e. The molecule has 1 aromatic carbocycles. The standard InChI is InChI=1S/C13H15F3N4O/c1-2-20(7-13(14,15)16)12(21)17-6-9-3-4-10-11(5-9)19-8-18-10/h3-5,8H,2,6-7H2,1H3,(H,17,21)(H,18,19). The van der Waals surface area contributed by atoms with Crippen molar-refractivity contribution in [2.45, 2.75) is 19.6 Å². The van der Waals surface area contributed by atoms with Crippen molar-refractivity contribution in [1.82, 2.24) is 20.2 Å². The molecule has 0 radical (unpaired) electrons. The minimum atomic E-state index is -4.40. The van der Waals surface area contributed by atoms with Crippen LogP contribution in [0, 0.1) is 0 Å². The first-order valence-corrected chi connectivity index (χ1v) is 6.40. The van der Waals surface area contributed by atoms with Gasteiger partial charge < -0.3 is 15.2 Å². The number of H-pyrrole nitrogens is 1. The lowest BCUT2D eigenvalue weighted by Crippen LogP contribution is -2.44. The van der Waals surface area contributed by atoms with Gasteiger partial charge in [0, 0.05) is 13.1 Å². The first-order valence-electron chi connectivity index (χ1n) is 6.40. The average molecular weight is 300 g/mol. The number of halogens is 3. The van der Waals surface area contributed by atoms with Gasteiger partial charge in [0.15, 0.2) is 0 Å². The smallest absolute Gasteiger partial charge is 0.345 e. The molecule has 2 rings (SSSR count). The molecule has 0 aliphatic rings. The van der Waals surface area contributed by atoms with E-state index < -0.39 is 18.8 Å². The van der Waals surface area contributed by atoms with Gasteiger partial charge in [0.2, 0.25) is 0 Å². The fourth-order valence-electron chi connectivity index (χ4n) is 1.93. The van der Waals surface area contributed by atoms with Gasteiger partial charge in [-0.3, -0.25) is 0 Å². The van der Waals surface area contributed by atoms with Gasteiger partial charge in [-0.15, -0.1) is 0 Å². The summed E-state index contributed by atoms with van der Waals surface area (Å²) in [5, 5.41) is 2.48.